The number of methoxy groups -OCH3 is 1. The second-order valence-corrected chi connectivity index (χ2v) is 6.41. The van der Waals surface area contributed by atoms with Gasteiger partial charge >= 0.3 is 0 Å². The van der Waals surface area contributed by atoms with Gasteiger partial charge < -0.3 is 21.1 Å². The van der Waals surface area contributed by atoms with Crippen LogP contribution in [0.3, 0.4) is 0 Å². The quantitative estimate of drug-likeness (QED) is 0.338. The molecule has 0 saturated heterocycles. The Labute approximate surface area is 180 Å². The summed E-state index contributed by atoms with van der Waals surface area (Å²) in [6.45, 7) is 6.40. The second-order valence-electron chi connectivity index (χ2n) is 6.00. The van der Waals surface area contributed by atoms with Crippen LogP contribution in [0.2, 0.25) is 0 Å². The summed E-state index contributed by atoms with van der Waals surface area (Å²) < 4.78 is 6.79. The topological polar surface area (TPSA) is 119 Å². The number of carbonyl (C=O) groups excluding carboxylic acids is 1. The molecule has 4 N–H and O–H groups in total. The predicted molar refractivity (Wildman–Crippen MR) is 121 cm³/mol. The van der Waals surface area contributed by atoms with Gasteiger partial charge in [0.15, 0.2) is 5.84 Å². The Hall–Kier alpha value is -3.43. The van der Waals surface area contributed by atoms with Gasteiger partial charge in [0.05, 0.1) is 30.7 Å². The smallest absolute Gasteiger partial charge is 0.247 e. The lowest BCUT2D eigenvalue weighted by Gasteiger charge is -2.06. The molecule has 0 fully saturated rings. The van der Waals surface area contributed by atoms with Crippen LogP contribution in [0, 0.1) is 0 Å². The Morgan fingerprint density at radius 1 is 1.40 bits per heavy atom. The van der Waals surface area contributed by atoms with Crippen LogP contribution in [0.25, 0.3) is 0 Å². The Morgan fingerprint density at radius 2 is 2.20 bits per heavy atom. The molecule has 1 aromatic carbocycles. The Morgan fingerprint density at radius 3 is 2.90 bits per heavy atom. The van der Waals surface area contributed by atoms with Crippen molar-refractivity contribution in [2.75, 3.05) is 24.4 Å². The fourth-order valence-electron chi connectivity index (χ4n) is 2.31. The van der Waals surface area contributed by atoms with E-state index in [2.05, 4.69) is 32.3 Å². The van der Waals surface area contributed by atoms with Crippen LogP contribution in [0.4, 0.5) is 17.1 Å². The molecule has 1 amide bonds. The van der Waals surface area contributed by atoms with E-state index >= 15 is 0 Å². The molecule has 158 valence electrons. The molecule has 9 nitrogen and oxygen atoms in total. The molecule has 0 bridgehead atoms. The highest BCUT2D eigenvalue weighted by atomic mass is 35.5. The lowest BCUT2D eigenvalue weighted by molar-refractivity contribution is -0.111. The van der Waals surface area contributed by atoms with Crippen molar-refractivity contribution in [2.45, 2.75) is 13.5 Å². The number of amidine groups is 2. The van der Waals surface area contributed by atoms with Gasteiger partial charge in [0.2, 0.25) is 5.91 Å². The Bertz CT molecular complexity index is 979. The SMILES string of the molecule is C=CC(=O)Nc1cccc(N=C(N=C(C)Nc2cnn(CCOC)c2)C(Cl)=CN)c1. The van der Waals surface area contributed by atoms with Gasteiger partial charge in [-0.3, -0.25) is 9.48 Å². The number of halogens is 1. The van der Waals surface area contributed by atoms with Gasteiger partial charge in [0.1, 0.15) is 10.9 Å². The van der Waals surface area contributed by atoms with Crippen LogP contribution in [-0.2, 0) is 16.1 Å². The van der Waals surface area contributed by atoms with Crippen LogP contribution in [0.15, 0.2) is 70.5 Å². The van der Waals surface area contributed by atoms with E-state index in [1.807, 2.05) is 6.20 Å². The molecule has 0 unspecified atom stereocenters. The maximum atomic E-state index is 11.5. The molecule has 0 atom stereocenters. The molecule has 0 aliphatic heterocycles. The Balaban J connectivity index is 2.22. The highest BCUT2D eigenvalue weighted by Gasteiger charge is 2.07. The van der Waals surface area contributed by atoms with Crippen molar-refractivity contribution < 1.29 is 9.53 Å². The zero-order valence-electron chi connectivity index (χ0n) is 16.8. The lowest BCUT2D eigenvalue weighted by atomic mass is 10.2. The number of anilines is 2. The number of benzene rings is 1. The molecule has 1 aromatic heterocycles. The van der Waals surface area contributed by atoms with Crippen molar-refractivity contribution in [1.82, 2.24) is 9.78 Å². The predicted octanol–water partition coefficient (Wildman–Crippen LogP) is 3.25. The fourth-order valence-corrected chi connectivity index (χ4v) is 2.39. The first kappa shape index (κ1) is 22.9. The average Bonchev–Trinajstić information content (AvgIpc) is 3.18. The first-order chi connectivity index (χ1) is 14.4. The number of ether oxygens (including phenoxy) is 1. The number of nitrogens with zero attached hydrogens (tertiary/aromatic N) is 4. The number of aromatic nitrogens is 2. The van der Waals surface area contributed by atoms with Gasteiger partial charge in [-0.25, -0.2) is 9.98 Å². The number of hydrogen-bond donors (Lipinski definition) is 3. The second kappa shape index (κ2) is 11.5. The van der Waals surface area contributed by atoms with Gasteiger partial charge in [0.25, 0.3) is 0 Å². The standard InChI is InChI=1S/C20H24ClN7O2/c1-4-19(29)26-15-6-5-7-16(10-15)27-20(18(21)11-22)25-14(2)24-17-12-23-28(13-17)8-9-30-3/h4-7,10-13H,1,8-9,22H2,2-3H3,(H,26,29)(H,24,25,27). The first-order valence-electron chi connectivity index (χ1n) is 8.98. The zero-order valence-corrected chi connectivity index (χ0v) is 17.6. The largest absolute Gasteiger partial charge is 0.403 e. The highest BCUT2D eigenvalue weighted by molar-refractivity contribution is 6.44. The third kappa shape index (κ3) is 7.19. The van der Waals surface area contributed by atoms with Gasteiger partial charge in [-0.05, 0) is 31.2 Å². The molecular weight excluding hydrogens is 406 g/mol. The van der Waals surface area contributed by atoms with Gasteiger partial charge in [0, 0.05) is 25.2 Å². The summed E-state index contributed by atoms with van der Waals surface area (Å²) in [7, 11) is 1.64. The van der Waals surface area contributed by atoms with Crippen LogP contribution < -0.4 is 16.4 Å². The summed E-state index contributed by atoms with van der Waals surface area (Å²) in [5, 5.41) is 10.2. The van der Waals surface area contributed by atoms with Gasteiger partial charge in [-0.2, -0.15) is 5.10 Å². The summed E-state index contributed by atoms with van der Waals surface area (Å²) in [4.78, 5) is 20.4. The minimum atomic E-state index is -0.319. The Kier molecular flexibility index (Phi) is 8.79. The molecule has 1 heterocycles. The third-order valence-electron chi connectivity index (χ3n) is 3.65. The van der Waals surface area contributed by atoms with E-state index in [1.165, 1.54) is 12.3 Å². The normalized spacial score (nSPS) is 12.6. The number of hydrogen-bond acceptors (Lipinski definition) is 5. The van der Waals surface area contributed by atoms with Crippen molar-refractivity contribution in [2.24, 2.45) is 15.7 Å². The van der Waals surface area contributed by atoms with E-state index < -0.39 is 0 Å². The monoisotopic (exact) mass is 429 g/mol. The number of rotatable bonds is 8. The molecule has 2 rings (SSSR count). The zero-order chi connectivity index (χ0) is 21.9. The average molecular weight is 430 g/mol. The first-order valence-corrected chi connectivity index (χ1v) is 9.36. The summed E-state index contributed by atoms with van der Waals surface area (Å²) in [6, 6.07) is 6.92. The van der Waals surface area contributed by atoms with Crippen LogP contribution >= 0.6 is 11.6 Å². The van der Waals surface area contributed by atoms with E-state index in [-0.39, 0.29) is 16.8 Å². The van der Waals surface area contributed by atoms with E-state index in [1.54, 1.807) is 49.2 Å². The lowest BCUT2D eigenvalue weighted by Crippen LogP contribution is -2.11. The third-order valence-corrected chi connectivity index (χ3v) is 3.95. The van der Waals surface area contributed by atoms with Crippen molar-refractivity contribution in [3.63, 3.8) is 0 Å². The minimum absolute atomic E-state index is 0.174. The molecule has 0 spiro atoms. The van der Waals surface area contributed by atoms with E-state index in [0.29, 0.717) is 30.4 Å². The molecule has 0 aliphatic rings. The summed E-state index contributed by atoms with van der Waals surface area (Å²) in [6.07, 6.45) is 5.91. The highest BCUT2D eigenvalue weighted by Crippen LogP contribution is 2.20. The van der Waals surface area contributed by atoms with E-state index in [4.69, 9.17) is 22.1 Å². The van der Waals surface area contributed by atoms with Crippen molar-refractivity contribution in [1.29, 1.82) is 0 Å². The summed E-state index contributed by atoms with van der Waals surface area (Å²) >= 11 is 6.19. The minimum Gasteiger partial charge on any atom is -0.403 e. The van der Waals surface area contributed by atoms with Crippen molar-refractivity contribution in [3.05, 3.63) is 60.5 Å². The number of carbonyl (C=O) groups is 1. The maximum absolute atomic E-state index is 11.5. The van der Waals surface area contributed by atoms with Gasteiger partial charge in [-0.1, -0.05) is 24.2 Å². The number of aliphatic imine (C=N–C) groups is 2. The van der Waals surface area contributed by atoms with Crippen molar-refractivity contribution >= 4 is 46.2 Å². The van der Waals surface area contributed by atoms with Crippen LogP contribution in [-0.4, -0.2) is 41.1 Å². The summed E-state index contributed by atoms with van der Waals surface area (Å²) in [5.41, 5.74) is 7.42. The fraction of sp³-hybridized carbons (Fsp3) is 0.200. The maximum Gasteiger partial charge on any atom is 0.247 e. The summed E-state index contributed by atoms with van der Waals surface area (Å²) in [5.74, 6) is 0.430. The molecule has 10 heteroatoms. The van der Waals surface area contributed by atoms with Gasteiger partial charge in [-0.15, -0.1) is 0 Å². The van der Waals surface area contributed by atoms with Crippen molar-refractivity contribution in [3.8, 4) is 0 Å². The number of amides is 1. The number of nitrogens with one attached hydrogen (secondary N) is 2. The molecular formula is C20H24ClN7O2. The van der Waals surface area contributed by atoms with E-state index in [9.17, 15) is 4.79 Å². The van der Waals surface area contributed by atoms with Crippen LogP contribution in [0.1, 0.15) is 6.92 Å². The van der Waals surface area contributed by atoms with Crippen LogP contribution in [0.5, 0.6) is 0 Å². The molecule has 0 saturated carbocycles. The number of nitrogens with two attached hydrogens (primary N) is 1. The molecule has 30 heavy (non-hydrogen) atoms. The molecule has 2 aromatic rings. The molecule has 0 radical (unpaired) electrons. The van der Waals surface area contributed by atoms with E-state index in [0.717, 1.165) is 5.69 Å². The molecule has 0 aliphatic carbocycles.